The van der Waals surface area contributed by atoms with E-state index in [1.807, 2.05) is 30.3 Å². The van der Waals surface area contributed by atoms with E-state index in [2.05, 4.69) is 4.99 Å². The number of carbonyl (C=O) groups is 1. The smallest absolute Gasteiger partial charge is 0.233 e. The number of piperazine rings is 1. The Bertz CT molecular complexity index is 729. The van der Waals surface area contributed by atoms with Crippen molar-refractivity contribution < 1.29 is 13.2 Å². The maximum absolute atomic E-state index is 12.5. The van der Waals surface area contributed by atoms with Crippen molar-refractivity contribution in [1.82, 2.24) is 9.21 Å². The number of aliphatic imine (C=N–C) groups is 1. The number of nitrogens with zero attached hydrogens (tertiary/aromatic N) is 3. The monoisotopic (exact) mass is 399 g/mol. The molecular weight excluding hydrogens is 378 g/mol. The zero-order valence-corrected chi connectivity index (χ0v) is 16.3. The highest BCUT2D eigenvalue weighted by atomic mass is 32.2. The van der Waals surface area contributed by atoms with Gasteiger partial charge in [-0.1, -0.05) is 53.9 Å². The molecule has 1 fully saturated rings. The maximum atomic E-state index is 12.5. The van der Waals surface area contributed by atoms with Gasteiger partial charge in [0.05, 0.1) is 18.1 Å². The Labute approximate surface area is 157 Å². The molecule has 0 aliphatic carbocycles. The van der Waals surface area contributed by atoms with Gasteiger partial charge in [0.1, 0.15) is 4.38 Å². The first kappa shape index (κ1) is 18.8. The van der Waals surface area contributed by atoms with Gasteiger partial charge in [0.2, 0.25) is 15.9 Å². The second kappa shape index (κ2) is 8.57. The highest BCUT2D eigenvalue weighted by Crippen LogP contribution is 2.22. The normalized spacial score (nSPS) is 19.0. The van der Waals surface area contributed by atoms with Crippen LogP contribution in [0.3, 0.4) is 0 Å². The van der Waals surface area contributed by atoms with E-state index in [0.717, 1.165) is 22.2 Å². The predicted octanol–water partition coefficient (Wildman–Crippen LogP) is 1.50. The van der Waals surface area contributed by atoms with Gasteiger partial charge in [0.25, 0.3) is 0 Å². The molecule has 0 N–H and O–H groups in total. The van der Waals surface area contributed by atoms with Crippen LogP contribution in [0.2, 0.25) is 0 Å². The Hall–Kier alpha value is -1.03. The van der Waals surface area contributed by atoms with Crippen LogP contribution >= 0.6 is 23.5 Å². The van der Waals surface area contributed by atoms with Crippen molar-refractivity contribution in [3.8, 4) is 0 Å². The Balaban J connectivity index is 1.48. The lowest BCUT2D eigenvalue weighted by atomic mass is 10.2. The summed E-state index contributed by atoms with van der Waals surface area (Å²) in [6, 6.07) is 9.18. The second-order valence-corrected chi connectivity index (χ2v) is 10.1. The number of thioether (sulfide) groups is 2. The molecule has 2 aliphatic heterocycles. The van der Waals surface area contributed by atoms with E-state index < -0.39 is 10.0 Å². The number of rotatable bonds is 5. The fourth-order valence-corrected chi connectivity index (χ4v) is 6.14. The van der Waals surface area contributed by atoms with Crippen LogP contribution in [0.25, 0.3) is 0 Å². The molecule has 2 heterocycles. The number of carbonyl (C=O) groups excluding carboxylic acids is 1. The number of hydrogen-bond acceptors (Lipinski definition) is 6. The summed E-state index contributed by atoms with van der Waals surface area (Å²) in [6.07, 6.45) is 0. The van der Waals surface area contributed by atoms with Crippen molar-refractivity contribution in [2.75, 3.05) is 44.2 Å². The summed E-state index contributed by atoms with van der Waals surface area (Å²) in [5, 5.41) is 0. The first-order valence-corrected chi connectivity index (χ1v) is 11.7. The van der Waals surface area contributed by atoms with E-state index in [-0.39, 0.29) is 11.7 Å². The van der Waals surface area contributed by atoms with Crippen molar-refractivity contribution in [3.63, 3.8) is 0 Å². The van der Waals surface area contributed by atoms with Crippen LogP contribution in [-0.2, 0) is 20.6 Å². The van der Waals surface area contributed by atoms with Gasteiger partial charge >= 0.3 is 0 Å². The fraction of sp³-hybridized carbons (Fsp3) is 0.500. The number of sulfonamides is 1. The van der Waals surface area contributed by atoms with E-state index in [4.69, 9.17) is 0 Å². The summed E-state index contributed by atoms with van der Waals surface area (Å²) in [5.74, 6) is 1.44. The molecule has 136 valence electrons. The average molecular weight is 400 g/mol. The standard InChI is InChI=1S/C16H21N3O3S3/c20-15(12-24-16-17-6-11-23-16)18-7-9-19(10-8-18)25(21,22)13-14-4-2-1-3-5-14/h1-5H,6-13H2. The molecule has 0 saturated carbocycles. The highest BCUT2D eigenvalue weighted by Gasteiger charge is 2.29. The van der Waals surface area contributed by atoms with Crippen molar-refractivity contribution in [1.29, 1.82) is 0 Å². The van der Waals surface area contributed by atoms with Gasteiger partial charge in [0.15, 0.2) is 0 Å². The van der Waals surface area contributed by atoms with Crippen molar-refractivity contribution in [3.05, 3.63) is 35.9 Å². The van der Waals surface area contributed by atoms with Gasteiger partial charge < -0.3 is 4.90 Å². The average Bonchev–Trinajstić information content (AvgIpc) is 3.14. The third kappa shape index (κ3) is 5.22. The van der Waals surface area contributed by atoms with E-state index >= 15 is 0 Å². The van der Waals surface area contributed by atoms with E-state index in [9.17, 15) is 13.2 Å². The number of hydrogen-bond donors (Lipinski definition) is 0. The number of benzene rings is 1. The molecular formula is C16H21N3O3S3. The largest absolute Gasteiger partial charge is 0.339 e. The zero-order valence-electron chi connectivity index (χ0n) is 13.8. The van der Waals surface area contributed by atoms with Crippen LogP contribution in [-0.4, -0.2) is 72.1 Å². The Morgan fingerprint density at radius 2 is 1.88 bits per heavy atom. The van der Waals surface area contributed by atoms with Gasteiger partial charge in [-0.2, -0.15) is 4.31 Å². The SMILES string of the molecule is O=C(CSC1=NCCS1)N1CCN(S(=O)(=O)Cc2ccccc2)CC1. The lowest BCUT2D eigenvalue weighted by molar-refractivity contribution is -0.129. The van der Waals surface area contributed by atoms with Crippen LogP contribution in [0, 0.1) is 0 Å². The van der Waals surface area contributed by atoms with E-state index in [1.54, 1.807) is 16.7 Å². The Kier molecular flexibility index (Phi) is 6.43. The topological polar surface area (TPSA) is 70.1 Å². The van der Waals surface area contributed by atoms with Gasteiger partial charge in [-0.25, -0.2) is 8.42 Å². The molecule has 1 amide bonds. The van der Waals surface area contributed by atoms with Gasteiger partial charge in [0, 0.05) is 31.9 Å². The summed E-state index contributed by atoms with van der Waals surface area (Å²) in [4.78, 5) is 18.3. The predicted molar refractivity (Wildman–Crippen MR) is 104 cm³/mol. The lowest BCUT2D eigenvalue weighted by Gasteiger charge is -2.34. The van der Waals surface area contributed by atoms with Crippen LogP contribution in [0.15, 0.2) is 35.3 Å². The molecule has 0 bridgehead atoms. The Morgan fingerprint density at radius 3 is 2.52 bits per heavy atom. The minimum Gasteiger partial charge on any atom is -0.339 e. The van der Waals surface area contributed by atoms with Gasteiger partial charge in [-0.05, 0) is 5.56 Å². The molecule has 0 atom stereocenters. The number of amides is 1. The summed E-state index contributed by atoms with van der Waals surface area (Å²) in [7, 11) is -3.34. The van der Waals surface area contributed by atoms with Gasteiger partial charge in [-0.3, -0.25) is 9.79 Å². The molecule has 0 radical (unpaired) electrons. The van der Waals surface area contributed by atoms with E-state index in [1.165, 1.54) is 16.1 Å². The van der Waals surface area contributed by atoms with Gasteiger partial charge in [-0.15, -0.1) is 0 Å². The molecule has 1 aromatic rings. The first-order chi connectivity index (χ1) is 12.0. The fourth-order valence-electron chi connectivity index (χ4n) is 2.71. The van der Waals surface area contributed by atoms with Crippen LogP contribution in [0.1, 0.15) is 5.56 Å². The molecule has 3 rings (SSSR count). The second-order valence-electron chi connectivity index (χ2n) is 5.81. The lowest BCUT2D eigenvalue weighted by Crippen LogP contribution is -2.51. The van der Waals surface area contributed by atoms with Crippen molar-refractivity contribution in [2.45, 2.75) is 5.75 Å². The Morgan fingerprint density at radius 1 is 1.16 bits per heavy atom. The zero-order chi connectivity index (χ0) is 17.7. The maximum Gasteiger partial charge on any atom is 0.233 e. The summed E-state index contributed by atoms with van der Waals surface area (Å²) >= 11 is 3.17. The summed E-state index contributed by atoms with van der Waals surface area (Å²) < 4.78 is 27.5. The minimum absolute atomic E-state index is 0.00862. The molecule has 2 aliphatic rings. The van der Waals surface area contributed by atoms with Crippen LogP contribution in [0.5, 0.6) is 0 Å². The molecule has 0 aromatic heterocycles. The highest BCUT2D eigenvalue weighted by molar-refractivity contribution is 8.39. The van der Waals surface area contributed by atoms with E-state index in [0.29, 0.717) is 31.9 Å². The molecule has 0 unspecified atom stereocenters. The quantitative estimate of drug-likeness (QED) is 0.750. The first-order valence-electron chi connectivity index (χ1n) is 8.14. The van der Waals surface area contributed by atoms with Crippen molar-refractivity contribution in [2.24, 2.45) is 4.99 Å². The van der Waals surface area contributed by atoms with Crippen LogP contribution < -0.4 is 0 Å². The third-order valence-corrected chi connectivity index (χ3v) is 8.14. The van der Waals surface area contributed by atoms with Crippen molar-refractivity contribution >= 4 is 43.8 Å². The molecule has 0 spiro atoms. The minimum atomic E-state index is -3.34. The molecule has 6 nitrogen and oxygen atoms in total. The molecule has 1 aromatic carbocycles. The summed E-state index contributed by atoms with van der Waals surface area (Å²) in [5.41, 5.74) is 0.784. The molecule has 25 heavy (non-hydrogen) atoms. The third-order valence-electron chi connectivity index (χ3n) is 4.05. The summed E-state index contributed by atoms with van der Waals surface area (Å²) in [6.45, 7) is 2.46. The molecule has 1 saturated heterocycles. The molecule has 9 heteroatoms. The van der Waals surface area contributed by atoms with Crippen LogP contribution in [0.4, 0.5) is 0 Å².